The van der Waals surface area contributed by atoms with Crippen molar-refractivity contribution in [2.24, 2.45) is 5.10 Å². The lowest BCUT2D eigenvalue weighted by Crippen LogP contribution is -2.33. The topological polar surface area (TPSA) is 118 Å². The van der Waals surface area contributed by atoms with E-state index in [1.54, 1.807) is 33.3 Å². The minimum absolute atomic E-state index is 0.00763. The molecule has 0 atom stereocenters. The van der Waals surface area contributed by atoms with Crippen molar-refractivity contribution in [3.8, 4) is 11.5 Å². The van der Waals surface area contributed by atoms with Gasteiger partial charge in [0.2, 0.25) is 5.91 Å². The average Bonchev–Trinajstić information content (AvgIpc) is 2.82. The maximum Gasteiger partial charge on any atom is 0.329 e. The Kier molecular flexibility index (Phi) is 9.88. The summed E-state index contributed by atoms with van der Waals surface area (Å²) in [5.41, 5.74) is 5.16. The average molecular weight is 455 g/mol. The van der Waals surface area contributed by atoms with E-state index < -0.39 is 11.8 Å². The molecule has 0 aromatic heterocycles. The lowest BCUT2D eigenvalue weighted by molar-refractivity contribution is -0.136. The lowest BCUT2D eigenvalue weighted by atomic mass is 10.1. The third kappa shape index (κ3) is 8.29. The molecule has 0 bridgehead atoms. The predicted octanol–water partition coefficient (Wildman–Crippen LogP) is 2.45. The SMILES string of the molecule is CCc1ccc(NC(=O)C(=O)NN=C(C)CC(=O)NCCc2ccc(OC)c(OC)c2)cc1. The molecule has 33 heavy (non-hydrogen) atoms. The van der Waals surface area contributed by atoms with Crippen LogP contribution in [-0.2, 0) is 27.2 Å². The monoisotopic (exact) mass is 454 g/mol. The number of methoxy groups -OCH3 is 2. The summed E-state index contributed by atoms with van der Waals surface area (Å²) in [5, 5.41) is 9.12. The number of carbonyl (C=O) groups excluding carboxylic acids is 3. The number of hydrazone groups is 1. The number of hydrogen-bond donors (Lipinski definition) is 3. The minimum atomic E-state index is -0.914. The highest BCUT2D eigenvalue weighted by molar-refractivity contribution is 6.39. The van der Waals surface area contributed by atoms with Crippen molar-refractivity contribution in [3.05, 3.63) is 53.6 Å². The fourth-order valence-corrected chi connectivity index (χ4v) is 2.93. The molecule has 2 aromatic rings. The van der Waals surface area contributed by atoms with E-state index in [0.717, 1.165) is 17.5 Å². The zero-order valence-corrected chi connectivity index (χ0v) is 19.4. The van der Waals surface area contributed by atoms with Crippen molar-refractivity contribution in [3.63, 3.8) is 0 Å². The van der Waals surface area contributed by atoms with Crippen LogP contribution in [0.2, 0.25) is 0 Å². The molecule has 0 aliphatic heterocycles. The first-order valence-electron chi connectivity index (χ1n) is 10.6. The summed E-state index contributed by atoms with van der Waals surface area (Å²) >= 11 is 0. The van der Waals surface area contributed by atoms with E-state index in [4.69, 9.17) is 9.47 Å². The number of nitrogens with one attached hydrogen (secondary N) is 3. The van der Waals surface area contributed by atoms with Crippen molar-refractivity contribution < 1.29 is 23.9 Å². The van der Waals surface area contributed by atoms with Gasteiger partial charge in [-0.15, -0.1) is 0 Å². The summed E-state index contributed by atoms with van der Waals surface area (Å²) < 4.78 is 10.5. The maximum atomic E-state index is 12.1. The molecule has 0 spiro atoms. The highest BCUT2D eigenvalue weighted by Gasteiger charge is 2.13. The number of aryl methyl sites for hydroxylation is 1. The first kappa shape index (κ1) is 25.4. The van der Waals surface area contributed by atoms with Crippen LogP contribution in [0.25, 0.3) is 0 Å². The standard InChI is InChI=1S/C24H30N4O5/c1-5-17-6-9-19(10-7-17)26-23(30)24(31)28-27-16(2)14-22(29)25-13-12-18-8-11-20(32-3)21(15-18)33-4/h6-11,15H,5,12-14H2,1-4H3,(H,25,29)(H,26,30)(H,28,31). The van der Waals surface area contributed by atoms with Crippen LogP contribution in [0.3, 0.4) is 0 Å². The molecule has 0 aliphatic rings. The van der Waals surface area contributed by atoms with Crippen molar-refractivity contribution in [2.45, 2.75) is 33.1 Å². The number of anilines is 1. The summed E-state index contributed by atoms with van der Waals surface area (Å²) in [6.45, 7) is 4.04. The Morgan fingerprint density at radius 1 is 0.909 bits per heavy atom. The summed E-state index contributed by atoms with van der Waals surface area (Å²) in [7, 11) is 3.14. The quantitative estimate of drug-likeness (QED) is 0.290. The first-order chi connectivity index (χ1) is 15.9. The highest BCUT2D eigenvalue weighted by atomic mass is 16.5. The zero-order valence-electron chi connectivity index (χ0n) is 19.4. The number of carbonyl (C=O) groups is 3. The summed E-state index contributed by atoms with van der Waals surface area (Å²) in [4.78, 5) is 36.0. The Bertz CT molecular complexity index is 1000. The lowest BCUT2D eigenvalue weighted by Gasteiger charge is -2.10. The smallest absolute Gasteiger partial charge is 0.329 e. The van der Waals surface area contributed by atoms with Crippen LogP contribution in [0.1, 0.15) is 31.4 Å². The van der Waals surface area contributed by atoms with Gasteiger partial charge in [-0.25, -0.2) is 5.43 Å². The molecule has 0 aliphatic carbocycles. The fourth-order valence-electron chi connectivity index (χ4n) is 2.93. The largest absolute Gasteiger partial charge is 0.493 e. The van der Waals surface area contributed by atoms with E-state index >= 15 is 0 Å². The number of ether oxygens (including phenoxy) is 2. The molecule has 3 N–H and O–H groups in total. The van der Waals surface area contributed by atoms with Crippen molar-refractivity contribution in [1.82, 2.24) is 10.7 Å². The van der Waals surface area contributed by atoms with Crippen molar-refractivity contribution in [1.29, 1.82) is 0 Å². The number of hydrogen-bond acceptors (Lipinski definition) is 6. The molecular weight excluding hydrogens is 424 g/mol. The van der Waals surface area contributed by atoms with E-state index in [2.05, 4.69) is 21.2 Å². The number of amides is 3. The van der Waals surface area contributed by atoms with Crippen LogP contribution in [0.4, 0.5) is 5.69 Å². The van der Waals surface area contributed by atoms with E-state index in [1.165, 1.54) is 0 Å². The molecule has 0 heterocycles. The molecule has 3 amide bonds. The molecule has 0 unspecified atom stereocenters. The van der Waals surface area contributed by atoms with Gasteiger partial charge in [-0.05, 0) is 55.2 Å². The van der Waals surface area contributed by atoms with E-state index in [-0.39, 0.29) is 12.3 Å². The molecular formula is C24H30N4O5. The van der Waals surface area contributed by atoms with E-state index in [1.807, 2.05) is 37.3 Å². The Balaban J connectivity index is 1.75. The highest BCUT2D eigenvalue weighted by Crippen LogP contribution is 2.27. The van der Waals surface area contributed by atoms with Crippen molar-refractivity contribution >= 4 is 29.1 Å². The summed E-state index contributed by atoms with van der Waals surface area (Å²) in [6, 6.07) is 12.8. The van der Waals surface area contributed by atoms with Crippen molar-refractivity contribution in [2.75, 3.05) is 26.1 Å². The van der Waals surface area contributed by atoms with Crippen LogP contribution in [0.5, 0.6) is 11.5 Å². The number of nitrogens with zero attached hydrogens (tertiary/aromatic N) is 1. The molecule has 0 radical (unpaired) electrons. The molecule has 0 saturated heterocycles. The van der Waals surface area contributed by atoms with Gasteiger partial charge in [0.15, 0.2) is 11.5 Å². The molecule has 0 saturated carbocycles. The fraction of sp³-hybridized carbons (Fsp3) is 0.333. The van der Waals surface area contributed by atoms with Gasteiger partial charge in [-0.3, -0.25) is 14.4 Å². The zero-order chi connectivity index (χ0) is 24.2. The van der Waals surface area contributed by atoms with Gasteiger partial charge in [0.05, 0.1) is 20.6 Å². The molecule has 9 heteroatoms. The maximum absolute atomic E-state index is 12.1. The van der Waals surface area contributed by atoms with Crippen LogP contribution in [0.15, 0.2) is 47.6 Å². The third-order valence-electron chi connectivity index (χ3n) is 4.77. The van der Waals surface area contributed by atoms with Gasteiger partial charge in [0.1, 0.15) is 0 Å². The Morgan fingerprint density at radius 2 is 1.58 bits per heavy atom. The Labute approximate surface area is 193 Å². The first-order valence-corrected chi connectivity index (χ1v) is 10.6. The van der Waals surface area contributed by atoms with Crippen LogP contribution < -0.4 is 25.5 Å². The van der Waals surface area contributed by atoms with Gasteiger partial charge in [-0.1, -0.05) is 25.1 Å². The molecule has 2 aromatic carbocycles. The molecule has 9 nitrogen and oxygen atoms in total. The Hall–Kier alpha value is -3.88. The van der Waals surface area contributed by atoms with Gasteiger partial charge < -0.3 is 20.1 Å². The van der Waals surface area contributed by atoms with Gasteiger partial charge in [0.25, 0.3) is 0 Å². The van der Waals surface area contributed by atoms with E-state index in [0.29, 0.717) is 35.9 Å². The minimum Gasteiger partial charge on any atom is -0.493 e. The van der Waals surface area contributed by atoms with Crippen LogP contribution >= 0.6 is 0 Å². The number of benzene rings is 2. The second-order valence-electron chi connectivity index (χ2n) is 7.26. The Morgan fingerprint density at radius 3 is 2.21 bits per heavy atom. The predicted molar refractivity (Wildman–Crippen MR) is 127 cm³/mol. The molecule has 176 valence electrons. The summed E-state index contributed by atoms with van der Waals surface area (Å²) in [6.07, 6.45) is 1.48. The second kappa shape index (κ2) is 12.8. The number of rotatable bonds is 10. The van der Waals surface area contributed by atoms with Crippen LogP contribution in [0, 0.1) is 0 Å². The normalized spacial score (nSPS) is 10.8. The van der Waals surface area contributed by atoms with Crippen LogP contribution in [-0.4, -0.2) is 44.2 Å². The van der Waals surface area contributed by atoms with E-state index in [9.17, 15) is 14.4 Å². The van der Waals surface area contributed by atoms with Gasteiger partial charge in [0, 0.05) is 17.9 Å². The third-order valence-corrected chi connectivity index (χ3v) is 4.77. The summed E-state index contributed by atoms with van der Waals surface area (Å²) in [5.74, 6) is -0.728. The van der Waals surface area contributed by atoms with Gasteiger partial charge >= 0.3 is 11.8 Å². The van der Waals surface area contributed by atoms with Gasteiger partial charge in [-0.2, -0.15) is 5.10 Å². The molecule has 2 rings (SSSR count). The molecule has 0 fully saturated rings. The second-order valence-corrected chi connectivity index (χ2v) is 7.26.